The van der Waals surface area contributed by atoms with Crippen LogP contribution in [0.1, 0.15) is 31.9 Å². The molecule has 0 spiro atoms. The highest BCUT2D eigenvalue weighted by molar-refractivity contribution is 6.02. The maximum Gasteiger partial charge on any atom is 0.244 e. The minimum atomic E-state index is -0.249. The van der Waals surface area contributed by atoms with Crippen molar-refractivity contribution < 1.29 is 14.3 Å². The van der Waals surface area contributed by atoms with Crippen molar-refractivity contribution >= 4 is 23.2 Å². The van der Waals surface area contributed by atoms with Gasteiger partial charge in [0.2, 0.25) is 11.8 Å². The van der Waals surface area contributed by atoms with Gasteiger partial charge in [0, 0.05) is 18.7 Å². The normalized spacial score (nSPS) is 10.3. The van der Waals surface area contributed by atoms with Crippen LogP contribution in [0.3, 0.4) is 0 Å². The molecule has 0 aliphatic heterocycles. The Morgan fingerprint density at radius 2 is 1.65 bits per heavy atom. The minimum absolute atomic E-state index is 0.0312. The van der Waals surface area contributed by atoms with Gasteiger partial charge in [-0.3, -0.25) is 9.59 Å². The first-order valence-corrected chi connectivity index (χ1v) is 8.82. The molecule has 0 aliphatic rings. The topological polar surface area (TPSA) is 58.6 Å². The Morgan fingerprint density at radius 3 is 2.19 bits per heavy atom. The summed E-state index contributed by atoms with van der Waals surface area (Å²) in [5.74, 6) is 0.263. The quantitative estimate of drug-likeness (QED) is 0.822. The van der Waals surface area contributed by atoms with Crippen molar-refractivity contribution in [2.75, 3.05) is 23.9 Å². The van der Waals surface area contributed by atoms with Gasteiger partial charge in [-0.25, -0.2) is 0 Å². The first kappa shape index (κ1) is 19.5. The molecule has 1 N–H and O–H groups in total. The molecule has 0 bridgehead atoms. The maximum absolute atomic E-state index is 12.6. The first-order valence-electron chi connectivity index (χ1n) is 8.82. The fraction of sp³-hybridized carbons (Fsp3) is 0.333. The number of anilines is 2. The second kappa shape index (κ2) is 9.04. The summed E-state index contributed by atoms with van der Waals surface area (Å²) in [6.45, 7) is 5.56. The van der Waals surface area contributed by atoms with Crippen LogP contribution in [0.25, 0.3) is 0 Å². The van der Waals surface area contributed by atoms with Gasteiger partial charge in [0.15, 0.2) is 0 Å². The number of para-hydroxylation sites is 1. The predicted molar refractivity (Wildman–Crippen MR) is 105 cm³/mol. The summed E-state index contributed by atoms with van der Waals surface area (Å²) < 4.78 is 5.17. The molecule has 5 heteroatoms. The average Bonchev–Trinajstić information content (AvgIpc) is 2.65. The molecule has 5 nitrogen and oxygen atoms in total. The Labute approximate surface area is 155 Å². The Balaban J connectivity index is 2.26. The largest absolute Gasteiger partial charge is 0.497 e. The number of methoxy groups -OCH3 is 1. The van der Waals surface area contributed by atoms with Gasteiger partial charge >= 0.3 is 0 Å². The van der Waals surface area contributed by atoms with Crippen LogP contribution >= 0.6 is 0 Å². The lowest BCUT2D eigenvalue weighted by atomic mass is 10.0. The van der Waals surface area contributed by atoms with Crippen LogP contribution in [0.5, 0.6) is 5.75 Å². The summed E-state index contributed by atoms with van der Waals surface area (Å²) in [6, 6.07) is 13.1. The number of nitrogens with zero attached hydrogens (tertiary/aromatic N) is 1. The zero-order valence-corrected chi connectivity index (χ0v) is 15.8. The number of rotatable bonds is 7. The van der Waals surface area contributed by atoms with Crippen LogP contribution in [-0.2, 0) is 22.4 Å². The van der Waals surface area contributed by atoms with E-state index in [-0.39, 0.29) is 18.4 Å². The number of carbonyl (C=O) groups excluding carboxylic acids is 2. The molecule has 0 atom stereocenters. The van der Waals surface area contributed by atoms with Crippen LogP contribution in [0.4, 0.5) is 11.4 Å². The van der Waals surface area contributed by atoms with E-state index in [0.717, 1.165) is 29.7 Å². The van der Waals surface area contributed by atoms with Crippen molar-refractivity contribution in [3.05, 3.63) is 53.6 Å². The lowest BCUT2D eigenvalue weighted by Crippen LogP contribution is -2.37. The van der Waals surface area contributed by atoms with Crippen molar-refractivity contribution in [2.45, 2.75) is 33.6 Å². The van der Waals surface area contributed by atoms with E-state index in [1.54, 1.807) is 30.2 Å². The van der Waals surface area contributed by atoms with E-state index < -0.39 is 0 Å². The van der Waals surface area contributed by atoms with Gasteiger partial charge in [-0.1, -0.05) is 38.1 Å². The Morgan fingerprint density at radius 1 is 1.04 bits per heavy atom. The minimum Gasteiger partial charge on any atom is -0.497 e. The van der Waals surface area contributed by atoms with Gasteiger partial charge in [-0.15, -0.1) is 0 Å². The molecule has 0 aromatic heterocycles. The summed E-state index contributed by atoms with van der Waals surface area (Å²) in [6.07, 6.45) is 1.59. The summed E-state index contributed by atoms with van der Waals surface area (Å²) in [5.41, 5.74) is 3.62. The number of aryl methyl sites for hydroxylation is 2. The Kier molecular flexibility index (Phi) is 6.78. The van der Waals surface area contributed by atoms with Gasteiger partial charge in [0.1, 0.15) is 12.3 Å². The van der Waals surface area contributed by atoms with Crippen molar-refractivity contribution in [1.82, 2.24) is 0 Å². The predicted octanol–water partition coefficient (Wildman–Crippen LogP) is 3.81. The lowest BCUT2D eigenvalue weighted by molar-refractivity contribution is -0.120. The van der Waals surface area contributed by atoms with E-state index in [1.165, 1.54) is 6.92 Å². The number of hydrogen-bond donors (Lipinski definition) is 1. The highest BCUT2D eigenvalue weighted by Gasteiger charge is 2.21. The van der Waals surface area contributed by atoms with Crippen LogP contribution in [0.2, 0.25) is 0 Å². The van der Waals surface area contributed by atoms with E-state index in [4.69, 9.17) is 4.74 Å². The first-order chi connectivity index (χ1) is 12.5. The van der Waals surface area contributed by atoms with Crippen LogP contribution in [-0.4, -0.2) is 25.5 Å². The molecule has 0 radical (unpaired) electrons. The molecule has 0 fully saturated rings. The molecule has 0 aliphatic carbocycles. The molecule has 0 heterocycles. The smallest absolute Gasteiger partial charge is 0.244 e. The summed E-state index contributed by atoms with van der Waals surface area (Å²) >= 11 is 0. The van der Waals surface area contributed by atoms with Gasteiger partial charge < -0.3 is 15.0 Å². The molecule has 2 aromatic rings. The number of ether oxygens (including phenoxy) is 1. The summed E-state index contributed by atoms with van der Waals surface area (Å²) in [5, 5.41) is 2.83. The van der Waals surface area contributed by atoms with Crippen molar-refractivity contribution in [2.24, 2.45) is 0 Å². The number of hydrogen-bond acceptors (Lipinski definition) is 3. The van der Waals surface area contributed by atoms with E-state index in [0.29, 0.717) is 11.4 Å². The third-order valence-electron chi connectivity index (χ3n) is 4.27. The van der Waals surface area contributed by atoms with Crippen molar-refractivity contribution in [1.29, 1.82) is 0 Å². The molecule has 138 valence electrons. The molecule has 0 unspecified atom stereocenters. The number of amides is 2. The van der Waals surface area contributed by atoms with Crippen LogP contribution < -0.4 is 15.0 Å². The van der Waals surface area contributed by atoms with Gasteiger partial charge in [0.25, 0.3) is 0 Å². The molecular weight excluding hydrogens is 328 g/mol. The van der Waals surface area contributed by atoms with E-state index >= 15 is 0 Å². The molecule has 2 amide bonds. The van der Waals surface area contributed by atoms with Gasteiger partial charge in [-0.05, 0) is 36.1 Å². The highest BCUT2D eigenvalue weighted by atomic mass is 16.5. The maximum atomic E-state index is 12.6. The van der Waals surface area contributed by atoms with E-state index in [1.807, 2.05) is 38.1 Å². The van der Waals surface area contributed by atoms with Gasteiger partial charge in [0.05, 0.1) is 12.8 Å². The number of carbonyl (C=O) groups is 2. The van der Waals surface area contributed by atoms with Crippen molar-refractivity contribution in [3.63, 3.8) is 0 Å². The average molecular weight is 354 g/mol. The van der Waals surface area contributed by atoms with Crippen LogP contribution in [0, 0.1) is 0 Å². The second-order valence-electron chi connectivity index (χ2n) is 6.02. The third kappa shape index (κ3) is 4.63. The van der Waals surface area contributed by atoms with Crippen LogP contribution in [0.15, 0.2) is 42.5 Å². The highest BCUT2D eigenvalue weighted by Crippen LogP contribution is 2.27. The lowest BCUT2D eigenvalue weighted by Gasteiger charge is -2.26. The van der Waals surface area contributed by atoms with E-state index in [9.17, 15) is 9.59 Å². The molecular formula is C21H26N2O3. The fourth-order valence-corrected chi connectivity index (χ4v) is 2.95. The molecule has 2 rings (SSSR count). The Hall–Kier alpha value is -2.82. The Bertz CT molecular complexity index is 764. The zero-order valence-electron chi connectivity index (χ0n) is 15.8. The van der Waals surface area contributed by atoms with Crippen molar-refractivity contribution in [3.8, 4) is 5.75 Å². The monoisotopic (exact) mass is 354 g/mol. The number of benzene rings is 2. The number of nitrogens with one attached hydrogen (secondary N) is 1. The molecule has 0 saturated heterocycles. The summed E-state index contributed by atoms with van der Waals surface area (Å²) in [4.78, 5) is 26.4. The molecule has 0 saturated carbocycles. The second-order valence-corrected chi connectivity index (χ2v) is 6.02. The SMILES string of the molecule is CCc1cccc(CC)c1N(CC(=O)Nc1cccc(OC)c1)C(C)=O. The molecule has 2 aromatic carbocycles. The summed E-state index contributed by atoms with van der Waals surface area (Å²) in [7, 11) is 1.58. The fourth-order valence-electron chi connectivity index (χ4n) is 2.95. The van der Waals surface area contributed by atoms with Gasteiger partial charge in [-0.2, -0.15) is 0 Å². The third-order valence-corrected chi connectivity index (χ3v) is 4.27. The standard InChI is InChI=1S/C21H26N2O3/c1-5-16-9-7-10-17(6-2)21(16)23(15(3)24)14-20(25)22-18-11-8-12-19(13-18)26-4/h7-13H,5-6,14H2,1-4H3,(H,22,25). The zero-order chi connectivity index (χ0) is 19.1. The molecule has 26 heavy (non-hydrogen) atoms. The van der Waals surface area contributed by atoms with E-state index in [2.05, 4.69) is 5.32 Å².